The first-order valence-corrected chi connectivity index (χ1v) is 11.3. The molecule has 7 nitrogen and oxygen atoms in total. The van der Waals surface area contributed by atoms with Gasteiger partial charge in [-0.2, -0.15) is 0 Å². The molecule has 4 rings (SSSR count). The molecule has 1 heterocycles. The minimum atomic E-state index is -1.21. The second kappa shape index (κ2) is 10.0. The minimum Gasteiger partial charge on any atom is -0.477 e. The van der Waals surface area contributed by atoms with Crippen LogP contribution in [0, 0.1) is 0 Å². The number of aromatic nitrogens is 1. The van der Waals surface area contributed by atoms with Crippen molar-refractivity contribution in [1.29, 1.82) is 0 Å². The summed E-state index contributed by atoms with van der Waals surface area (Å²) in [6.45, 7) is 0.00521. The van der Waals surface area contributed by atoms with Gasteiger partial charge in [-0.15, -0.1) is 0 Å². The summed E-state index contributed by atoms with van der Waals surface area (Å²) in [6, 6.07) is 20.9. The Hall–Kier alpha value is -3.75. The number of aliphatic hydroxyl groups excluding tert-OH is 1. The van der Waals surface area contributed by atoms with Crippen LogP contribution in [0.25, 0.3) is 21.9 Å². The van der Waals surface area contributed by atoms with Gasteiger partial charge < -0.3 is 15.5 Å². The zero-order valence-corrected chi connectivity index (χ0v) is 19.6. The standard InChI is InChI=1S/C26H21BrN2O5/c27-19-10-11-20-21(14-19)22(17-4-2-1-3-5-17)23(26(33)34)29(25(20)32)15-16-6-8-18(9-7-16)24(31)28-12-13-30/h1-11,14,30H,12-13,15H2,(H,28,31)(H,33,34). The predicted octanol–water partition coefficient (Wildman–Crippen LogP) is 3.90. The average molecular weight is 521 g/mol. The third-order valence-corrected chi connectivity index (χ3v) is 5.95. The van der Waals surface area contributed by atoms with E-state index >= 15 is 0 Å². The third-order valence-electron chi connectivity index (χ3n) is 5.45. The summed E-state index contributed by atoms with van der Waals surface area (Å²) < 4.78 is 2.00. The van der Waals surface area contributed by atoms with Crippen LogP contribution in [0.3, 0.4) is 0 Å². The second-order valence-electron chi connectivity index (χ2n) is 7.65. The highest BCUT2D eigenvalue weighted by Gasteiger charge is 2.23. The van der Waals surface area contributed by atoms with Crippen LogP contribution >= 0.6 is 15.9 Å². The maximum absolute atomic E-state index is 13.4. The molecule has 0 saturated heterocycles. The molecule has 1 amide bonds. The number of pyridine rings is 1. The van der Waals surface area contributed by atoms with E-state index in [0.29, 0.717) is 33.0 Å². The van der Waals surface area contributed by atoms with Crippen LogP contribution in [0.15, 0.2) is 82.1 Å². The van der Waals surface area contributed by atoms with Crippen LogP contribution < -0.4 is 10.9 Å². The monoisotopic (exact) mass is 520 g/mol. The quantitative estimate of drug-likeness (QED) is 0.342. The Kier molecular flexibility index (Phi) is 6.90. The maximum atomic E-state index is 13.4. The van der Waals surface area contributed by atoms with Gasteiger partial charge in [0.2, 0.25) is 0 Å². The van der Waals surface area contributed by atoms with E-state index in [2.05, 4.69) is 21.2 Å². The molecule has 0 aliphatic heterocycles. The summed E-state index contributed by atoms with van der Waals surface area (Å²) in [6.07, 6.45) is 0. The fourth-order valence-corrected chi connectivity index (χ4v) is 4.27. The fourth-order valence-electron chi connectivity index (χ4n) is 3.91. The molecule has 0 radical (unpaired) electrons. The van der Waals surface area contributed by atoms with E-state index in [0.717, 1.165) is 4.47 Å². The molecular weight excluding hydrogens is 500 g/mol. The zero-order chi connectivity index (χ0) is 24.2. The molecule has 3 aromatic carbocycles. The van der Waals surface area contributed by atoms with Crippen LogP contribution in [0.2, 0.25) is 0 Å². The van der Waals surface area contributed by atoms with Crippen molar-refractivity contribution < 1.29 is 19.8 Å². The summed E-state index contributed by atoms with van der Waals surface area (Å²) in [5.74, 6) is -1.54. The van der Waals surface area contributed by atoms with E-state index < -0.39 is 11.5 Å². The van der Waals surface area contributed by atoms with Gasteiger partial charge in [-0.1, -0.05) is 58.4 Å². The van der Waals surface area contributed by atoms with Crippen molar-refractivity contribution in [2.24, 2.45) is 0 Å². The molecular formula is C26H21BrN2O5. The summed E-state index contributed by atoms with van der Waals surface area (Å²) in [4.78, 5) is 38.0. The van der Waals surface area contributed by atoms with Gasteiger partial charge in [-0.3, -0.25) is 14.2 Å². The van der Waals surface area contributed by atoms with Gasteiger partial charge >= 0.3 is 5.97 Å². The molecule has 4 aromatic rings. The van der Waals surface area contributed by atoms with Gasteiger partial charge in [-0.25, -0.2) is 4.79 Å². The first-order chi connectivity index (χ1) is 16.4. The van der Waals surface area contributed by atoms with Crippen LogP contribution in [-0.4, -0.2) is 39.8 Å². The van der Waals surface area contributed by atoms with E-state index in [4.69, 9.17) is 5.11 Å². The number of benzene rings is 3. The number of hydrogen-bond donors (Lipinski definition) is 3. The lowest BCUT2D eigenvalue weighted by atomic mass is 9.96. The molecule has 8 heteroatoms. The Morgan fingerprint density at radius 1 is 0.941 bits per heavy atom. The Morgan fingerprint density at radius 2 is 1.65 bits per heavy atom. The lowest BCUT2D eigenvalue weighted by molar-refractivity contribution is 0.0685. The predicted molar refractivity (Wildman–Crippen MR) is 133 cm³/mol. The number of rotatable bonds is 7. The van der Waals surface area contributed by atoms with Gasteiger partial charge in [0.15, 0.2) is 0 Å². The van der Waals surface area contributed by atoms with Gasteiger partial charge in [-0.05, 0) is 46.8 Å². The summed E-state index contributed by atoms with van der Waals surface area (Å²) in [5.41, 5.74) is 1.70. The first kappa shape index (κ1) is 23.4. The van der Waals surface area contributed by atoms with Gasteiger partial charge in [0.25, 0.3) is 11.5 Å². The molecule has 172 valence electrons. The first-order valence-electron chi connectivity index (χ1n) is 10.5. The molecule has 0 aliphatic rings. The Morgan fingerprint density at radius 3 is 2.29 bits per heavy atom. The van der Waals surface area contributed by atoms with Crippen molar-refractivity contribution in [3.63, 3.8) is 0 Å². The van der Waals surface area contributed by atoms with Crippen LogP contribution in [0.1, 0.15) is 26.4 Å². The normalized spacial score (nSPS) is 10.9. The van der Waals surface area contributed by atoms with Crippen molar-refractivity contribution >= 4 is 38.6 Å². The number of carboxylic acid groups (broad SMARTS) is 1. The number of carbonyl (C=O) groups excluding carboxylic acids is 1. The molecule has 0 atom stereocenters. The van der Waals surface area contributed by atoms with Crippen LogP contribution in [0.4, 0.5) is 0 Å². The molecule has 0 unspecified atom stereocenters. The van der Waals surface area contributed by atoms with E-state index in [1.165, 1.54) is 4.57 Å². The smallest absolute Gasteiger partial charge is 0.353 e. The highest BCUT2D eigenvalue weighted by molar-refractivity contribution is 9.10. The average Bonchev–Trinajstić information content (AvgIpc) is 2.84. The van der Waals surface area contributed by atoms with E-state index in [1.807, 2.05) is 30.3 Å². The van der Waals surface area contributed by atoms with Crippen LogP contribution in [0.5, 0.6) is 0 Å². The molecule has 0 fully saturated rings. The maximum Gasteiger partial charge on any atom is 0.353 e. The number of nitrogens with one attached hydrogen (secondary N) is 1. The molecule has 3 N–H and O–H groups in total. The summed E-state index contributed by atoms with van der Waals surface area (Å²) in [5, 5.41) is 22.6. The minimum absolute atomic E-state index is 0.0187. The number of halogens is 1. The zero-order valence-electron chi connectivity index (χ0n) is 18.0. The molecule has 1 aromatic heterocycles. The Balaban J connectivity index is 1.88. The van der Waals surface area contributed by atoms with Crippen molar-refractivity contribution in [1.82, 2.24) is 9.88 Å². The Labute approximate surface area is 203 Å². The second-order valence-corrected chi connectivity index (χ2v) is 8.57. The number of carboxylic acids is 1. The number of hydrogen-bond acceptors (Lipinski definition) is 4. The molecule has 34 heavy (non-hydrogen) atoms. The summed E-state index contributed by atoms with van der Waals surface area (Å²) in [7, 11) is 0. The van der Waals surface area contributed by atoms with Gasteiger partial charge in [0.05, 0.1) is 13.2 Å². The molecule has 0 saturated carbocycles. The van der Waals surface area contributed by atoms with Gasteiger partial charge in [0, 0.05) is 27.5 Å². The van der Waals surface area contributed by atoms with Crippen molar-refractivity contribution in [2.75, 3.05) is 13.2 Å². The Bertz CT molecular complexity index is 1430. The lowest BCUT2D eigenvalue weighted by Gasteiger charge is -2.18. The topological polar surface area (TPSA) is 109 Å². The number of nitrogens with zero attached hydrogens (tertiary/aromatic N) is 1. The molecule has 0 spiro atoms. The highest BCUT2D eigenvalue weighted by atomic mass is 79.9. The SMILES string of the molecule is O=C(NCCO)c1ccc(Cn2c(C(=O)O)c(-c3ccccc3)c3cc(Br)ccc3c2=O)cc1. The number of fused-ring (bicyclic) bond motifs is 1. The third kappa shape index (κ3) is 4.64. The molecule has 0 bridgehead atoms. The van der Waals surface area contributed by atoms with Crippen molar-refractivity contribution in [3.05, 3.63) is 104 Å². The van der Waals surface area contributed by atoms with E-state index in [-0.39, 0.29) is 31.3 Å². The van der Waals surface area contributed by atoms with Gasteiger partial charge in [0.1, 0.15) is 5.69 Å². The largest absolute Gasteiger partial charge is 0.477 e. The number of aromatic carboxylic acids is 1. The summed E-state index contributed by atoms with van der Waals surface area (Å²) >= 11 is 3.43. The van der Waals surface area contributed by atoms with Crippen molar-refractivity contribution in [2.45, 2.75) is 6.54 Å². The van der Waals surface area contributed by atoms with Crippen molar-refractivity contribution in [3.8, 4) is 11.1 Å². The molecule has 0 aliphatic carbocycles. The number of aliphatic hydroxyl groups is 1. The fraction of sp³-hybridized carbons (Fsp3) is 0.115. The van der Waals surface area contributed by atoms with E-state index in [9.17, 15) is 19.5 Å². The van der Waals surface area contributed by atoms with Crippen LogP contribution in [-0.2, 0) is 6.54 Å². The highest BCUT2D eigenvalue weighted by Crippen LogP contribution is 2.32. The number of carbonyl (C=O) groups is 2. The van der Waals surface area contributed by atoms with E-state index in [1.54, 1.807) is 42.5 Å². The lowest BCUT2D eigenvalue weighted by Crippen LogP contribution is -2.28. The number of amides is 1.